The highest BCUT2D eigenvalue weighted by atomic mass is 35.5. The van der Waals surface area contributed by atoms with Gasteiger partial charge in [0, 0.05) is 6.61 Å². The van der Waals surface area contributed by atoms with Crippen LogP contribution in [0.5, 0.6) is 0 Å². The molecule has 0 bridgehead atoms. The van der Waals surface area contributed by atoms with Crippen LogP contribution in [0, 0.1) is 0 Å². The largest absolute Gasteiger partial charge is 0.396 e. The summed E-state index contributed by atoms with van der Waals surface area (Å²) in [5.41, 5.74) is 1.21. The van der Waals surface area contributed by atoms with Gasteiger partial charge in [-0.3, -0.25) is 0 Å². The molecule has 0 aliphatic rings. The zero-order valence-electron chi connectivity index (χ0n) is 7.97. The molecule has 0 amide bonds. The number of benzene rings is 1. The van der Waals surface area contributed by atoms with Crippen molar-refractivity contribution in [1.29, 1.82) is 0 Å². The Morgan fingerprint density at radius 1 is 1.00 bits per heavy atom. The van der Waals surface area contributed by atoms with Crippen LogP contribution in [0.4, 0.5) is 0 Å². The molecule has 0 spiro atoms. The first kappa shape index (κ1) is 11.8. The van der Waals surface area contributed by atoms with Gasteiger partial charge in [-0.2, -0.15) is 0 Å². The number of aliphatic hydroxyl groups is 1. The second-order valence-corrected chi connectivity index (χ2v) is 4.10. The average molecular weight is 233 g/mol. The fraction of sp³-hybridized carbons (Fsp3) is 0.455. The van der Waals surface area contributed by atoms with Gasteiger partial charge in [-0.25, -0.2) is 0 Å². The molecule has 1 aromatic rings. The van der Waals surface area contributed by atoms with Gasteiger partial charge >= 0.3 is 0 Å². The lowest BCUT2D eigenvalue weighted by Gasteiger charge is -2.02. The predicted octanol–water partition coefficient (Wildman–Crippen LogP) is 3.70. The van der Waals surface area contributed by atoms with Crippen LogP contribution >= 0.6 is 23.2 Å². The predicted molar refractivity (Wildman–Crippen MR) is 61.1 cm³/mol. The van der Waals surface area contributed by atoms with Crippen LogP contribution < -0.4 is 0 Å². The Morgan fingerprint density at radius 2 is 1.79 bits per heavy atom. The molecule has 0 saturated carbocycles. The summed E-state index contributed by atoms with van der Waals surface area (Å²) in [6.45, 7) is 0.279. The van der Waals surface area contributed by atoms with E-state index in [2.05, 4.69) is 0 Å². The molecule has 0 radical (unpaired) electrons. The van der Waals surface area contributed by atoms with E-state index in [0.29, 0.717) is 10.0 Å². The summed E-state index contributed by atoms with van der Waals surface area (Å²) in [4.78, 5) is 0. The fourth-order valence-corrected chi connectivity index (χ4v) is 1.63. The lowest BCUT2D eigenvalue weighted by Crippen LogP contribution is -1.88. The maximum atomic E-state index is 8.61. The minimum atomic E-state index is 0.279. The van der Waals surface area contributed by atoms with Crippen LogP contribution in [-0.2, 0) is 6.42 Å². The van der Waals surface area contributed by atoms with Crippen LogP contribution in [-0.4, -0.2) is 11.7 Å². The van der Waals surface area contributed by atoms with Crippen molar-refractivity contribution in [1.82, 2.24) is 0 Å². The van der Waals surface area contributed by atoms with Crippen molar-refractivity contribution in [2.24, 2.45) is 0 Å². The molecule has 1 N–H and O–H groups in total. The normalized spacial score (nSPS) is 10.5. The lowest BCUT2D eigenvalue weighted by atomic mass is 10.1. The monoisotopic (exact) mass is 232 g/mol. The standard InChI is InChI=1S/C11H14Cl2O/c12-10-6-5-9(8-11(10)13)4-2-1-3-7-14/h5-6,8,14H,1-4,7H2. The molecule has 1 aromatic carbocycles. The van der Waals surface area contributed by atoms with Crippen molar-refractivity contribution in [2.75, 3.05) is 6.61 Å². The van der Waals surface area contributed by atoms with E-state index < -0.39 is 0 Å². The third kappa shape index (κ3) is 3.87. The van der Waals surface area contributed by atoms with Gasteiger partial charge in [-0.05, 0) is 37.0 Å². The van der Waals surface area contributed by atoms with Gasteiger partial charge in [0.1, 0.15) is 0 Å². The topological polar surface area (TPSA) is 20.2 Å². The summed E-state index contributed by atoms with van der Waals surface area (Å²) in [5.74, 6) is 0. The number of aliphatic hydroxyl groups excluding tert-OH is 1. The van der Waals surface area contributed by atoms with Crippen LogP contribution in [0.25, 0.3) is 0 Å². The first-order chi connectivity index (χ1) is 6.74. The van der Waals surface area contributed by atoms with E-state index >= 15 is 0 Å². The molecule has 0 saturated heterocycles. The second-order valence-electron chi connectivity index (χ2n) is 3.28. The number of rotatable bonds is 5. The Kier molecular flexibility index (Phi) is 5.31. The van der Waals surface area contributed by atoms with Gasteiger partial charge in [0.05, 0.1) is 10.0 Å². The molecule has 14 heavy (non-hydrogen) atoms. The molecular formula is C11H14Cl2O. The molecule has 0 atom stereocenters. The highest BCUT2D eigenvalue weighted by molar-refractivity contribution is 6.42. The van der Waals surface area contributed by atoms with E-state index in [9.17, 15) is 0 Å². The average Bonchev–Trinajstić information content (AvgIpc) is 2.18. The molecule has 0 aliphatic carbocycles. The highest BCUT2D eigenvalue weighted by Crippen LogP contribution is 2.23. The summed E-state index contributed by atoms with van der Waals surface area (Å²) < 4.78 is 0. The maximum Gasteiger partial charge on any atom is 0.0595 e. The van der Waals surface area contributed by atoms with E-state index in [-0.39, 0.29) is 6.61 Å². The van der Waals surface area contributed by atoms with Crippen molar-refractivity contribution in [2.45, 2.75) is 25.7 Å². The van der Waals surface area contributed by atoms with Crippen molar-refractivity contribution < 1.29 is 5.11 Å². The molecule has 1 nitrogen and oxygen atoms in total. The van der Waals surface area contributed by atoms with Gasteiger partial charge in [-0.15, -0.1) is 0 Å². The Bertz CT molecular complexity index is 287. The van der Waals surface area contributed by atoms with Crippen molar-refractivity contribution >= 4 is 23.2 Å². The van der Waals surface area contributed by atoms with Gasteiger partial charge in [0.2, 0.25) is 0 Å². The van der Waals surface area contributed by atoms with Crippen LogP contribution in [0.2, 0.25) is 10.0 Å². The van der Waals surface area contributed by atoms with E-state index in [0.717, 1.165) is 25.7 Å². The summed E-state index contributed by atoms with van der Waals surface area (Å²) in [6.07, 6.45) is 4.01. The number of aryl methyl sites for hydroxylation is 1. The number of unbranched alkanes of at least 4 members (excludes halogenated alkanes) is 2. The third-order valence-corrected chi connectivity index (χ3v) is 2.85. The second kappa shape index (κ2) is 6.28. The minimum absolute atomic E-state index is 0.279. The summed E-state index contributed by atoms with van der Waals surface area (Å²) in [7, 11) is 0. The quantitative estimate of drug-likeness (QED) is 0.769. The Hall–Kier alpha value is -0.240. The number of halogens is 2. The van der Waals surface area contributed by atoms with Crippen molar-refractivity contribution in [3.8, 4) is 0 Å². The molecule has 0 unspecified atom stereocenters. The smallest absolute Gasteiger partial charge is 0.0595 e. The minimum Gasteiger partial charge on any atom is -0.396 e. The number of hydrogen-bond acceptors (Lipinski definition) is 1. The lowest BCUT2D eigenvalue weighted by molar-refractivity contribution is 0.283. The van der Waals surface area contributed by atoms with Gasteiger partial charge < -0.3 is 5.11 Å². The summed E-state index contributed by atoms with van der Waals surface area (Å²) in [5, 5.41) is 9.82. The summed E-state index contributed by atoms with van der Waals surface area (Å²) >= 11 is 11.7. The zero-order chi connectivity index (χ0) is 10.4. The first-order valence-electron chi connectivity index (χ1n) is 4.79. The highest BCUT2D eigenvalue weighted by Gasteiger charge is 1.99. The molecule has 0 fully saturated rings. The van der Waals surface area contributed by atoms with E-state index in [1.165, 1.54) is 5.56 Å². The SMILES string of the molecule is OCCCCCc1ccc(Cl)c(Cl)c1. The van der Waals surface area contributed by atoms with E-state index in [4.69, 9.17) is 28.3 Å². The Balaban J connectivity index is 2.39. The van der Waals surface area contributed by atoms with Gasteiger partial charge in [0.15, 0.2) is 0 Å². The molecule has 78 valence electrons. The molecular weight excluding hydrogens is 219 g/mol. The van der Waals surface area contributed by atoms with Crippen LogP contribution in [0.3, 0.4) is 0 Å². The van der Waals surface area contributed by atoms with Crippen LogP contribution in [0.1, 0.15) is 24.8 Å². The number of hydrogen-bond donors (Lipinski definition) is 1. The first-order valence-corrected chi connectivity index (χ1v) is 5.54. The molecule has 3 heteroatoms. The van der Waals surface area contributed by atoms with Gasteiger partial charge in [0.25, 0.3) is 0 Å². The fourth-order valence-electron chi connectivity index (χ4n) is 1.31. The van der Waals surface area contributed by atoms with Gasteiger partial charge in [-0.1, -0.05) is 35.7 Å². The van der Waals surface area contributed by atoms with Crippen molar-refractivity contribution in [3.05, 3.63) is 33.8 Å². The maximum absolute atomic E-state index is 8.61. The third-order valence-electron chi connectivity index (χ3n) is 2.11. The van der Waals surface area contributed by atoms with E-state index in [1.54, 1.807) is 0 Å². The Morgan fingerprint density at radius 3 is 2.43 bits per heavy atom. The molecule has 1 rings (SSSR count). The zero-order valence-corrected chi connectivity index (χ0v) is 9.48. The molecule has 0 aliphatic heterocycles. The molecule has 0 heterocycles. The van der Waals surface area contributed by atoms with Crippen LogP contribution in [0.15, 0.2) is 18.2 Å². The Labute approximate surface area is 94.7 Å². The van der Waals surface area contributed by atoms with Crippen molar-refractivity contribution in [3.63, 3.8) is 0 Å². The molecule has 0 aromatic heterocycles. The summed E-state index contributed by atoms with van der Waals surface area (Å²) in [6, 6.07) is 5.72. The van der Waals surface area contributed by atoms with E-state index in [1.807, 2.05) is 18.2 Å².